The van der Waals surface area contributed by atoms with Crippen LogP contribution in [0.5, 0.6) is 0 Å². The topological polar surface area (TPSA) is 145 Å². The first-order valence-corrected chi connectivity index (χ1v) is 11.1. The highest BCUT2D eigenvalue weighted by Crippen LogP contribution is 2.25. The number of carbonyl (C=O) groups is 4. The summed E-state index contributed by atoms with van der Waals surface area (Å²) in [7, 11) is 0. The van der Waals surface area contributed by atoms with Gasteiger partial charge in [-0.1, -0.05) is 45.9 Å². The number of para-hydroxylation sites is 1. The van der Waals surface area contributed by atoms with Gasteiger partial charge in [0.25, 0.3) is 0 Å². The lowest BCUT2D eigenvalue weighted by Gasteiger charge is -2.23. The maximum absolute atomic E-state index is 12.4. The van der Waals surface area contributed by atoms with Crippen LogP contribution in [0, 0.1) is 22.7 Å². The van der Waals surface area contributed by atoms with Crippen LogP contribution in [-0.2, 0) is 19.2 Å². The van der Waals surface area contributed by atoms with Gasteiger partial charge in [-0.05, 0) is 44.7 Å². The van der Waals surface area contributed by atoms with E-state index in [1.165, 1.54) is 4.90 Å². The summed E-state index contributed by atoms with van der Waals surface area (Å²) in [6, 6.07) is 10.4. The van der Waals surface area contributed by atoms with Crippen LogP contribution in [0.2, 0.25) is 0 Å². The normalized spacial score (nSPS) is 17.1. The molecule has 0 saturated carbocycles. The van der Waals surface area contributed by atoms with Crippen molar-refractivity contribution in [2.24, 2.45) is 17.1 Å². The average Bonchev–Trinajstić information content (AvgIpc) is 3.11. The minimum Gasteiger partial charge on any atom is -0.372 e. The van der Waals surface area contributed by atoms with Crippen LogP contribution >= 0.6 is 0 Å². The molecule has 1 fully saturated rings. The molecule has 2 unspecified atom stereocenters. The summed E-state index contributed by atoms with van der Waals surface area (Å²) in [5.41, 5.74) is 4.90. The molecule has 0 bridgehead atoms. The molecule has 9 nitrogen and oxygen atoms in total. The number of nitriles is 1. The molecular weight excluding hydrogens is 434 g/mol. The van der Waals surface area contributed by atoms with Crippen molar-refractivity contribution in [3.63, 3.8) is 0 Å². The zero-order chi connectivity index (χ0) is 26.5. The lowest BCUT2D eigenvalue weighted by molar-refractivity contribution is -0.136. The van der Waals surface area contributed by atoms with E-state index in [1.807, 2.05) is 39.0 Å². The predicted molar refractivity (Wildman–Crippen MR) is 132 cm³/mol. The third-order valence-electron chi connectivity index (χ3n) is 4.01. The van der Waals surface area contributed by atoms with Gasteiger partial charge in [0.05, 0.1) is 12.0 Å². The Hall–Kier alpha value is -3.41. The van der Waals surface area contributed by atoms with E-state index >= 15 is 0 Å². The van der Waals surface area contributed by atoms with E-state index in [0.717, 1.165) is 0 Å². The number of rotatable bonds is 4. The van der Waals surface area contributed by atoms with E-state index in [1.54, 1.807) is 12.1 Å². The molecule has 188 valence electrons. The smallest absolute Gasteiger partial charge is 0.233 e. The van der Waals surface area contributed by atoms with Crippen molar-refractivity contribution in [2.45, 2.75) is 72.9 Å². The number of anilines is 1. The second-order valence-corrected chi connectivity index (χ2v) is 10.6. The van der Waals surface area contributed by atoms with E-state index in [4.69, 9.17) is 4.79 Å². The molecule has 1 aliphatic rings. The van der Waals surface area contributed by atoms with E-state index in [2.05, 4.69) is 50.1 Å². The summed E-state index contributed by atoms with van der Waals surface area (Å²) in [5.74, 6) is -1.54. The van der Waals surface area contributed by atoms with Gasteiger partial charge < -0.3 is 21.3 Å². The number of nitrogens with two attached hydrogens (primary N) is 1. The highest BCUT2D eigenvalue weighted by molar-refractivity contribution is 5.98. The fourth-order valence-corrected chi connectivity index (χ4v) is 2.89. The number of carbonyl (C=O) groups excluding carboxylic acids is 4. The molecule has 1 aliphatic heterocycles. The second-order valence-electron chi connectivity index (χ2n) is 10.6. The average molecular weight is 474 g/mol. The van der Waals surface area contributed by atoms with Crippen LogP contribution in [0.4, 0.5) is 5.69 Å². The molecule has 0 spiro atoms. The van der Waals surface area contributed by atoms with Crippen molar-refractivity contribution in [1.82, 2.24) is 10.2 Å². The Morgan fingerprint density at radius 1 is 1.12 bits per heavy atom. The van der Waals surface area contributed by atoms with Crippen LogP contribution in [0.3, 0.4) is 0 Å². The van der Waals surface area contributed by atoms with Crippen LogP contribution in [0.1, 0.15) is 61.3 Å². The molecule has 0 aromatic heterocycles. The van der Waals surface area contributed by atoms with Crippen molar-refractivity contribution < 1.29 is 19.2 Å². The number of benzene rings is 1. The van der Waals surface area contributed by atoms with Crippen LogP contribution < -0.4 is 16.4 Å². The van der Waals surface area contributed by atoms with Gasteiger partial charge in [0.2, 0.25) is 24.1 Å². The van der Waals surface area contributed by atoms with Crippen molar-refractivity contribution in [3.05, 3.63) is 30.3 Å². The molecule has 4 N–H and O–H groups in total. The monoisotopic (exact) mass is 473 g/mol. The van der Waals surface area contributed by atoms with Gasteiger partial charge in [0.15, 0.2) is 0 Å². The maximum Gasteiger partial charge on any atom is 0.233 e. The molecular formula is C25H39N5O4. The van der Waals surface area contributed by atoms with Gasteiger partial charge in [-0.15, -0.1) is 0 Å². The zero-order valence-electron chi connectivity index (χ0n) is 21.3. The lowest BCUT2D eigenvalue weighted by atomic mass is 10.0. The maximum atomic E-state index is 12.4. The van der Waals surface area contributed by atoms with Gasteiger partial charge in [-0.25, -0.2) is 0 Å². The van der Waals surface area contributed by atoms with Gasteiger partial charge in [0, 0.05) is 17.8 Å². The fraction of sp³-hybridized carbons (Fsp3) is 0.560. The number of primary amides is 1. The number of amides is 4. The van der Waals surface area contributed by atoms with Crippen LogP contribution in [0.25, 0.3) is 0 Å². The largest absolute Gasteiger partial charge is 0.372 e. The van der Waals surface area contributed by atoms with Gasteiger partial charge in [0.1, 0.15) is 12.5 Å². The lowest BCUT2D eigenvalue weighted by Crippen LogP contribution is -2.44. The molecule has 0 radical (unpaired) electrons. The number of hydrogen-bond donors (Lipinski definition) is 3. The van der Waals surface area contributed by atoms with Gasteiger partial charge in [-0.2, -0.15) is 5.26 Å². The predicted octanol–water partition coefficient (Wildman–Crippen LogP) is 2.82. The van der Waals surface area contributed by atoms with Crippen LogP contribution in [0.15, 0.2) is 30.3 Å². The fourth-order valence-electron chi connectivity index (χ4n) is 2.89. The van der Waals surface area contributed by atoms with Gasteiger partial charge >= 0.3 is 0 Å². The Morgan fingerprint density at radius 3 is 2.06 bits per heavy atom. The summed E-state index contributed by atoms with van der Waals surface area (Å²) in [6.45, 7) is 14.4. The zero-order valence-corrected chi connectivity index (χ0v) is 21.3. The molecule has 1 heterocycles. The SMILES string of the molecule is CC(C)(C)C.CC(C)(C)NC(=O)CC(=O)N1CC(C(=O)Nc2ccccc2)CC1C#N.NC=O. The molecule has 1 aromatic rings. The van der Waals surface area contributed by atoms with Crippen molar-refractivity contribution in [2.75, 3.05) is 11.9 Å². The molecule has 4 amide bonds. The third kappa shape index (κ3) is 13.9. The minimum atomic E-state index is -0.698. The Bertz CT molecular complexity index is 845. The van der Waals surface area contributed by atoms with Gasteiger partial charge in [-0.3, -0.25) is 19.2 Å². The Kier molecular flexibility index (Phi) is 12.6. The highest BCUT2D eigenvalue weighted by Gasteiger charge is 2.39. The molecule has 1 aromatic carbocycles. The first-order chi connectivity index (χ1) is 15.6. The van der Waals surface area contributed by atoms with Crippen molar-refractivity contribution in [1.29, 1.82) is 5.26 Å². The number of likely N-dealkylation sites (tertiary alicyclic amines) is 1. The molecule has 9 heteroatoms. The third-order valence-corrected chi connectivity index (χ3v) is 4.01. The first kappa shape index (κ1) is 30.6. The Balaban J connectivity index is 0.00000118. The summed E-state index contributed by atoms with van der Waals surface area (Å²) < 4.78 is 0. The molecule has 0 aliphatic carbocycles. The highest BCUT2D eigenvalue weighted by atomic mass is 16.2. The number of nitrogens with zero attached hydrogens (tertiary/aromatic N) is 2. The Labute approximate surface area is 203 Å². The summed E-state index contributed by atoms with van der Waals surface area (Å²) in [6.07, 6.45) is 0.185. The van der Waals surface area contributed by atoms with Crippen molar-refractivity contribution in [3.8, 4) is 6.07 Å². The summed E-state index contributed by atoms with van der Waals surface area (Å²) in [5, 5.41) is 14.8. The summed E-state index contributed by atoms with van der Waals surface area (Å²) >= 11 is 0. The van der Waals surface area contributed by atoms with E-state index in [0.29, 0.717) is 11.1 Å². The van der Waals surface area contributed by atoms with E-state index in [9.17, 15) is 19.6 Å². The van der Waals surface area contributed by atoms with E-state index in [-0.39, 0.29) is 31.7 Å². The molecule has 2 rings (SSSR count). The quantitative estimate of drug-likeness (QED) is 0.455. The van der Waals surface area contributed by atoms with Crippen molar-refractivity contribution >= 4 is 29.8 Å². The Morgan fingerprint density at radius 2 is 1.62 bits per heavy atom. The summed E-state index contributed by atoms with van der Waals surface area (Å²) in [4.78, 5) is 46.7. The standard InChI is InChI=1S/C19H24N4O3.C5H12.CH3NO/c1-19(2,3)22-16(24)10-17(25)23-12-13(9-15(23)11-20)18(26)21-14-7-5-4-6-8-14;1-5(2,3)4;2-1-3/h4-8,13,15H,9-10,12H2,1-3H3,(H,21,26)(H,22,24);1-4H3;1H,(H2,2,3). The minimum absolute atomic E-state index is 0.137. The molecule has 34 heavy (non-hydrogen) atoms. The number of nitrogens with one attached hydrogen (secondary N) is 2. The molecule has 1 saturated heterocycles. The van der Waals surface area contributed by atoms with E-state index < -0.39 is 29.3 Å². The van der Waals surface area contributed by atoms with Crippen LogP contribution in [-0.4, -0.2) is 47.2 Å². The molecule has 2 atom stereocenters. The second kappa shape index (κ2) is 14.0. The first-order valence-electron chi connectivity index (χ1n) is 11.1. The number of hydrogen-bond acceptors (Lipinski definition) is 5.